The second kappa shape index (κ2) is 6.81. The number of ether oxygens (including phenoxy) is 1. The zero-order valence-corrected chi connectivity index (χ0v) is 14.8. The van der Waals surface area contributed by atoms with Crippen molar-refractivity contribution >= 4 is 22.4 Å². The third-order valence-corrected chi connectivity index (χ3v) is 5.00. The Morgan fingerprint density at radius 3 is 2.77 bits per heavy atom. The van der Waals surface area contributed by atoms with Crippen LogP contribution in [0.1, 0.15) is 30.5 Å². The highest BCUT2D eigenvalue weighted by Gasteiger charge is 2.26. The average Bonchev–Trinajstić information content (AvgIpc) is 2.69. The molecule has 1 aliphatic heterocycles. The van der Waals surface area contributed by atoms with Gasteiger partial charge in [0.2, 0.25) is 0 Å². The lowest BCUT2D eigenvalue weighted by Crippen LogP contribution is -2.38. The topological polar surface area (TPSA) is 55.6 Å². The molecule has 0 fully saturated rings. The van der Waals surface area contributed by atoms with Gasteiger partial charge in [-0.1, -0.05) is 55.5 Å². The van der Waals surface area contributed by atoms with Crippen molar-refractivity contribution in [3.05, 3.63) is 71.8 Å². The number of rotatable bonds is 4. The molecule has 1 aliphatic rings. The predicted molar refractivity (Wildman–Crippen MR) is 104 cm³/mol. The molecular formula is C22H22N2O2. The second-order valence-corrected chi connectivity index (χ2v) is 6.65. The van der Waals surface area contributed by atoms with Gasteiger partial charge in [0.1, 0.15) is 5.75 Å². The van der Waals surface area contributed by atoms with Crippen molar-refractivity contribution in [1.82, 2.24) is 0 Å². The molecule has 2 N–H and O–H groups in total. The van der Waals surface area contributed by atoms with Crippen LogP contribution in [0.2, 0.25) is 0 Å². The summed E-state index contributed by atoms with van der Waals surface area (Å²) < 4.78 is 5.63. The first kappa shape index (κ1) is 16.6. The Bertz CT molecular complexity index is 962. The van der Waals surface area contributed by atoms with Crippen molar-refractivity contribution in [2.24, 2.45) is 5.73 Å². The molecule has 132 valence electrons. The van der Waals surface area contributed by atoms with Gasteiger partial charge in [0.25, 0.3) is 5.91 Å². The first-order valence-corrected chi connectivity index (χ1v) is 8.96. The van der Waals surface area contributed by atoms with Crippen LogP contribution in [0.25, 0.3) is 10.8 Å². The number of hydrogen-bond donors (Lipinski definition) is 1. The van der Waals surface area contributed by atoms with E-state index in [-0.39, 0.29) is 18.6 Å². The Labute approximate surface area is 153 Å². The molecule has 3 aromatic rings. The Balaban J connectivity index is 1.76. The number of nitrogens with two attached hydrogens (primary N) is 1. The SMILES string of the molecule is CCC(N)c1ccc2c(c1)N(Cc1cccc3ccccc13)C(=O)CO2. The van der Waals surface area contributed by atoms with Gasteiger partial charge in [-0.05, 0) is 40.5 Å². The van der Waals surface area contributed by atoms with Crippen molar-refractivity contribution in [3.63, 3.8) is 0 Å². The Kier molecular flexibility index (Phi) is 4.35. The molecule has 0 aromatic heterocycles. The van der Waals surface area contributed by atoms with Gasteiger partial charge in [0.15, 0.2) is 6.61 Å². The molecule has 0 saturated heterocycles. The van der Waals surface area contributed by atoms with E-state index < -0.39 is 0 Å². The monoisotopic (exact) mass is 346 g/mol. The summed E-state index contributed by atoms with van der Waals surface area (Å²) in [5.74, 6) is 0.699. The van der Waals surface area contributed by atoms with Crippen molar-refractivity contribution in [2.75, 3.05) is 11.5 Å². The first-order chi connectivity index (χ1) is 12.7. The molecule has 26 heavy (non-hydrogen) atoms. The van der Waals surface area contributed by atoms with Crippen LogP contribution in [-0.4, -0.2) is 12.5 Å². The van der Waals surface area contributed by atoms with Crippen LogP contribution >= 0.6 is 0 Å². The summed E-state index contributed by atoms with van der Waals surface area (Å²) in [6.07, 6.45) is 0.844. The van der Waals surface area contributed by atoms with Crippen LogP contribution in [0.4, 0.5) is 5.69 Å². The van der Waals surface area contributed by atoms with Gasteiger partial charge in [-0.15, -0.1) is 0 Å². The number of carbonyl (C=O) groups is 1. The molecule has 0 saturated carbocycles. The molecule has 4 rings (SSSR count). The quantitative estimate of drug-likeness (QED) is 0.771. The maximum absolute atomic E-state index is 12.6. The summed E-state index contributed by atoms with van der Waals surface area (Å²) in [5, 5.41) is 2.34. The van der Waals surface area contributed by atoms with E-state index in [9.17, 15) is 4.79 Å². The number of hydrogen-bond acceptors (Lipinski definition) is 3. The summed E-state index contributed by atoms with van der Waals surface area (Å²) in [6, 6.07) is 20.3. The lowest BCUT2D eigenvalue weighted by molar-refractivity contribution is -0.121. The van der Waals surface area contributed by atoms with Gasteiger partial charge in [-0.25, -0.2) is 0 Å². The van der Waals surface area contributed by atoms with E-state index in [1.165, 1.54) is 5.39 Å². The fourth-order valence-corrected chi connectivity index (χ4v) is 3.46. The summed E-state index contributed by atoms with van der Waals surface area (Å²) >= 11 is 0. The van der Waals surface area contributed by atoms with Crippen LogP contribution in [0.5, 0.6) is 5.75 Å². The van der Waals surface area contributed by atoms with Crippen LogP contribution < -0.4 is 15.4 Å². The molecule has 4 heteroatoms. The zero-order chi connectivity index (χ0) is 18.1. The van der Waals surface area contributed by atoms with Gasteiger partial charge in [-0.3, -0.25) is 4.79 Å². The fraction of sp³-hybridized carbons (Fsp3) is 0.227. The normalized spacial score (nSPS) is 14.8. The summed E-state index contributed by atoms with van der Waals surface area (Å²) in [6.45, 7) is 2.64. The van der Waals surface area contributed by atoms with Crippen LogP contribution in [0.3, 0.4) is 0 Å². The molecule has 1 heterocycles. The number of nitrogens with zero attached hydrogens (tertiary/aromatic N) is 1. The zero-order valence-electron chi connectivity index (χ0n) is 14.8. The number of fused-ring (bicyclic) bond motifs is 2. The van der Waals surface area contributed by atoms with Crippen molar-refractivity contribution in [3.8, 4) is 5.75 Å². The molecule has 4 nitrogen and oxygen atoms in total. The van der Waals surface area contributed by atoms with Crippen LogP contribution in [-0.2, 0) is 11.3 Å². The van der Waals surface area contributed by atoms with Crippen LogP contribution in [0.15, 0.2) is 60.7 Å². The maximum atomic E-state index is 12.6. The molecule has 0 radical (unpaired) electrons. The summed E-state index contributed by atoms with van der Waals surface area (Å²) in [5.41, 5.74) is 9.13. The Morgan fingerprint density at radius 2 is 1.92 bits per heavy atom. The first-order valence-electron chi connectivity index (χ1n) is 8.96. The lowest BCUT2D eigenvalue weighted by Gasteiger charge is -2.30. The predicted octanol–water partition coefficient (Wildman–Crippen LogP) is 4.18. The minimum atomic E-state index is -0.0447. The van der Waals surface area contributed by atoms with E-state index >= 15 is 0 Å². The van der Waals surface area contributed by atoms with Gasteiger partial charge in [-0.2, -0.15) is 0 Å². The average molecular weight is 346 g/mol. The number of benzene rings is 3. The van der Waals surface area contributed by atoms with Gasteiger partial charge in [0.05, 0.1) is 12.2 Å². The minimum Gasteiger partial charge on any atom is -0.482 e. The molecule has 0 spiro atoms. The number of amides is 1. The van der Waals surface area contributed by atoms with E-state index in [4.69, 9.17) is 10.5 Å². The third kappa shape index (κ3) is 2.93. The smallest absolute Gasteiger partial charge is 0.265 e. The third-order valence-electron chi connectivity index (χ3n) is 5.00. The van der Waals surface area contributed by atoms with Crippen molar-refractivity contribution < 1.29 is 9.53 Å². The Morgan fingerprint density at radius 1 is 1.12 bits per heavy atom. The molecular weight excluding hydrogens is 324 g/mol. The molecule has 1 amide bonds. The number of carbonyl (C=O) groups excluding carboxylic acids is 1. The Hall–Kier alpha value is -2.85. The van der Waals surface area contributed by atoms with Gasteiger partial charge < -0.3 is 15.4 Å². The fourth-order valence-electron chi connectivity index (χ4n) is 3.46. The maximum Gasteiger partial charge on any atom is 0.265 e. The highest BCUT2D eigenvalue weighted by molar-refractivity contribution is 5.98. The van der Waals surface area contributed by atoms with Gasteiger partial charge in [0, 0.05) is 6.04 Å². The highest BCUT2D eigenvalue weighted by atomic mass is 16.5. The van der Waals surface area contributed by atoms with E-state index in [1.807, 2.05) is 41.3 Å². The van der Waals surface area contributed by atoms with E-state index in [0.717, 1.165) is 34.4 Å². The standard InChI is InChI=1S/C22H22N2O2/c1-2-19(23)16-10-11-21-20(12-16)24(22(25)14-26-21)13-17-8-5-7-15-6-3-4-9-18(15)17/h3-12,19H,2,13-14,23H2,1H3. The van der Waals surface area contributed by atoms with Crippen molar-refractivity contribution in [1.29, 1.82) is 0 Å². The summed E-state index contributed by atoms with van der Waals surface area (Å²) in [7, 11) is 0. The molecule has 0 aliphatic carbocycles. The van der Waals surface area contributed by atoms with E-state index in [1.54, 1.807) is 0 Å². The molecule has 0 bridgehead atoms. The molecule has 1 atom stereocenters. The van der Waals surface area contributed by atoms with Crippen LogP contribution in [0, 0.1) is 0 Å². The minimum absolute atomic E-state index is 0.0346. The van der Waals surface area contributed by atoms with Gasteiger partial charge >= 0.3 is 0 Å². The number of anilines is 1. The van der Waals surface area contributed by atoms with E-state index in [0.29, 0.717) is 6.54 Å². The lowest BCUT2D eigenvalue weighted by atomic mass is 10.0. The largest absolute Gasteiger partial charge is 0.482 e. The second-order valence-electron chi connectivity index (χ2n) is 6.65. The van der Waals surface area contributed by atoms with Crippen molar-refractivity contribution in [2.45, 2.75) is 25.9 Å². The molecule has 3 aromatic carbocycles. The van der Waals surface area contributed by atoms with E-state index in [2.05, 4.69) is 31.2 Å². The highest BCUT2D eigenvalue weighted by Crippen LogP contribution is 2.36. The molecule has 1 unspecified atom stereocenters. The summed E-state index contributed by atoms with van der Waals surface area (Å²) in [4.78, 5) is 14.4.